The third-order valence-corrected chi connectivity index (χ3v) is 2.81. The average molecular weight is 242 g/mol. The van der Waals surface area contributed by atoms with Crippen LogP contribution < -0.4 is 5.32 Å². The lowest BCUT2D eigenvalue weighted by molar-refractivity contribution is 0.0211. The molecule has 2 nitrogen and oxygen atoms in total. The highest BCUT2D eigenvalue weighted by molar-refractivity contribution is 9.10. The molecule has 0 aromatic heterocycles. The maximum absolute atomic E-state index is 5.10. The van der Waals surface area contributed by atoms with E-state index in [1.807, 2.05) is 0 Å². The molecule has 13 heavy (non-hydrogen) atoms. The number of anilines is 1. The van der Waals surface area contributed by atoms with Crippen molar-refractivity contribution in [3.63, 3.8) is 0 Å². The minimum absolute atomic E-state index is 0.484. The third-order valence-electron chi connectivity index (χ3n) is 2.12. The number of hydrogen-bond donors (Lipinski definition) is 1. The molecule has 0 aliphatic carbocycles. The number of benzene rings is 1. The molecule has 0 spiro atoms. The zero-order valence-corrected chi connectivity index (χ0v) is 9.10. The minimum Gasteiger partial charge on any atom is -0.377 e. The van der Waals surface area contributed by atoms with Crippen LogP contribution in [0.5, 0.6) is 0 Å². The summed E-state index contributed by atoms with van der Waals surface area (Å²) in [5.41, 5.74) is 2.43. The number of rotatable bonds is 2. The molecule has 0 amide bonds. The fraction of sp³-hybridized carbons (Fsp3) is 0.400. The summed E-state index contributed by atoms with van der Waals surface area (Å²) in [4.78, 5) is 0. The van der Waals surface area contributed by atoms with E-state index < -0.39 is 0 Å². The Hall–Kier alpha value is -0.540. The highest BCUT2D eigenvalue weighted by atomic mass is 79.9. The summed E-state index contributed by atoms with van der Waals surface area (Å²) in [6, 6.07) is 6.78. The number of hydrogen-bond acceptors (Lipinski definition) is 2. The van der Waals surface area contributed by atoms with Crippen LogP contribution in [-0.4, -0.2) is 19.3 Å². The monoisotopic (exact) mass is 241 g/mol. The van der Waals surface area contributed by atoms with Crippen LogP contribution in [0.4, 0.5) is 5.69 Å². The van der Waals surface area contributed by atoms with Crippen molar-refractivity contribution in [3.8, 4) is 0 Å². The van der Waals surface area contributed by atoms with E-state index in [0.717, 1.165) is 23.4 Å². The van der Waals surface area contributed by atoms with Gasteiger partial charge < -0.3 is 10.1 Å². The van der Waals surface area contributed by atoms with Crippen LogP contribution in [0.3, 0.4) is 0 Å². The molecule has 0 bridgehead atoms. The molecule has 1 aliphatic heterocycles. The Balaban J connectivity index is 2.13. The molecule has 1 saturated heterocycles. The lowest BCUT2D eigenvalue weighted by Crippen LogP contribution is -2.40. The summed E-state index contributed by atoms with van der Waals surface area (Å²) in [7, 11) is 0. The van der Waals surface area contributed by atoms with Gasteiger partial charge in [-0.1, -0.05) is 6.07 Å². The summed E-state index contributed by atoms with van der Waals surface area (Å²) in [6.07, 6.45) is 0. The molecule has 1 heterocycles. The van der Waals surface area contributed by atoms with Gasteiger partial charge in [-0.05, 0) is 40.5 Å². The van der Waals surface area contributed by atoms with E-state index in [-0.39, 0.29) is 0 Å². The predicted octanol–water partition coefficient (Wildman–Crippen LogP) is 2.57. The summed E-state index contributed by atoms with van der Waals surface area (Å²) in [5, 5.41) is 3.42. The summed E-state index contributed by atoms with van der Waals surface area (Å²) < 4.78 is 6.22. The van der Waals surface area contributed by atoms with E-state index >= 15 is 0 Å². The summed E-state index contributed by atoms with van der Waals surface area (Å²) in [6.45, 7) is 3.73. The normalized spacial score (nSPS) is 16.8. The Morgan fingerprint density at radius 1 is 1.46 bits per heavy atom. The van der Waals surface area contributed by atoms with E-state index in [9.17, 15) is 0 Å². The highest BCUT2D eigenvalue weighted by Gasteiger charge is 2.18. The van der Waals surface area contributed by atoms with Crippen LogP contribution in [0.2, 0.25) is 0 Å². The SMILES string of the molecule is Cc1ccc(Br)c(NC2COC2)c1. The summed E-state index contributed by atoms with van der Waals surface area (Å²) >= 11 is 3.51. The maximum Gasteiger partial charge on any atom is 0.0729 e. The van der Waals surface area contributed by atoms with Gasteiger partial charge in [-0.3, -0.25) is 0 Å². The second kappa shape index (κ2) is 3.68. The predicted molar refractivity (Wildman–Crippen MR) is 57.1 cm³/mol. The van der Waals surface area contributed by atoms with Crippen molar-refractivity contribution in [1.82, 2.24) is 0 Å². The van der Waals surface area contributed by atoms with Gasteiger partial charge in [0, 0.05) is 10.2 Å². The smallest absolute Gasteiger partial charge is 0.0729 e. The molecule has 2 rings (SSSR count). The van der Waals surface area contributed by atoms with Crippen LogP contribution in [0, 0.1) is 6.92 Å². The van der Waals surface area contributed by atoms with Gasteiger partial charge in [-0.2, -0.15) is 0 Å². The Bertz CT molecular complexity index is 310. The molecule has 0 unspecified atom stereocenters. The second-order valence-electron chi connectivity index (χ2n) is 3.36. The number of halogens is 1. The Kier molecular flexibility index (Phi) is 2.56. The second-order valence-corrected chi connectivity index (χ2v) is 4.22. The quantitative estimate of drug-likeness (QED) is 0.860. The van der Waals surface area contributed by atoms with Gasteiger partial charge in [-0.15, -0.1) is 0 Å². The van der Waals surface area contributed by atoms with Crippen LogP contribution in [-0.2, 0) is 4.74 Å². The fourth-order valence-corrected chi connectivity index (χ4v) is 1.65. The summed E-state index contributed by atoms with van der Waals surface area (Å²) in [5.74, 6) is 0. The first-order valence-electron chi connectivity index (χ1n) is 4.36. The average Bonchev–Trinajstić information content (AvgIpc) is 2.03. The molecule has 1 aliphatic rings. The van der Waals surface area contributed by atoms with E-state index in [1.54, 1.807) is 0 Å². The lowest BCUT2D eigenvalue weighted by Gasteiger charge is -2.28. The van der Waals surface area contributed by atoms with Gasteiger partial charge in [0.25, 0.3) is 0 Å². The van der Waals surface area contributed by atoms with Crippen molar-refractivity contribution < 1.29 is 4.74 Å². The first kappa shape index (κ1) is 9.03. The van der Waals surface area contributed by atoms with Crippen molar-refractivity contribution in [2.24, 2.45) is 0 Å². The van der Waals surface area contributed by atoms with Crippen molar-refractivity contribution in [2.75, 3.05) is 18.5 Å². The van der Waals surface area contributed by atoms with E-state index in [1.165, 1.54) is 5.56 Å². The number of aryl methyl sites for hydroxylation is 1. The van der Waals surface area contributed by atoms with Crippen LogP contribution in [0.15, 0.2) is 22.7 Å². The first-order chi connectivity index (χ1) is 6.25. The van der Waals surface area contributed by atoms with Crippen molar-refractivity contribution in [1.29, 1.82) is 0 Å². The first-order valence-corrected chi connectivity index (χ1v) is 5.15. The van der Waals surface area contributed by atoms with Gasteiger partial charge in [-0.25, -0.2) is 0 Å². The molecule has 1 N–H and O–H groups in total. The van der Waals surface area contributed by atoms with Gasteiger partial charge >= 0.3 is 0 Å². The molecule has 1 aromatic rings. The van der Waals surface area contributed by atoms with E-state index in [4.69, 9.17) is 4.74 Å². The highest BCUT2D eigenvalue weighted by Crippen LogP contribution is 2.24. The van der Waals surface area contributed by atoms with Gasteiger partial charge in [0.05, 0.1) is 19.3 Å². The van der Waals surface area contributed by atoms with Crippen molar-refractivity contribution >= 4 is 21.6 Å². The zero-order valence-electron chi connectivity index (χ0n) is 7.51. The molecular formula is C10H12BrNO. The van der Waals surface area contributed by atoms with Crippen molar-refractivity contribution in [2.45, 2.75) is 13.0 Å². The molecule has 0 atom stereocenters. The van der Waals surface area contributed by atoms with Gasteiger partial charge in [0.15, 0.2) is 0 Å². The molecule has 3 heteroatoms. The maximum atomic E-state index is 5.10. The topological polar surface area (TPSA) is 21.3 Å². The third kappa shape index (κ3) is 2.03. The number of ether oxygens (including phenoxy) is 1. The lowest BCUT2D eigenvalue weighted by atomic mass is 10.2. The van der Waals surface area contributed by atoms with Crippen LogP contribution >= 0.6 is 15.9 Å². The zero-order chi connectivity index (χ0) is 9.26. The molecular weight excluding hydrogens is 230 g/mol. The molecule has 70 valence electrons. The Morgan fingerprint density at radius 2 is 2.23 bits per heavy atom. The fourth-order valence-electron chi connectivity index (χ4n) is 1.29. The molecule has 0 radical (unpaired) electrons. The molecule has 1 fully saturated rings. The van der Waals surface area contributed by atoms with Gasteiger partial charge in [0.1, 0.15) is 0 Å². The Morgan fingerprint density at radius 3 is 2.85 bits per heavy atom. The van der Waals surface area contributed by atoms with Crippen LogP contribution in [0.25, 0.3) is 0 Å². The standard InChI is InChI=1S/C10H12BrNO/c1-7-2-3-9(11)10(4-7)12-8-5-13-6-8/h2-4,8,12H,5-6H2,1H3. The Labute approximate surface area is 86.4 Å². The molecule has 1 aromatic carbocycles. The van der Waals surface area contributed by atoms with Crippen LogP contribution in [0.1, 0.15) is 5.56 Å². The van der Waals surface area contributed by atoms with E-state index in [0.29, 0.717) is 6.04 Å². The largest absolute Gasteiger partial charge is 0.377 e. The molecule has 0 saturated carbocycles. The van der Waals surface area contributed by atoms with Gasteiger partial charge in [0.2, 0.25) is 0 Å². The number of nitrogens with one attached hydrogen (secondary N) is 1. The minimum atomic E-state index is 0.484. The van der Waals surface area contributed by atoms with E-state index in [2.05, 4.69) is 46.4 Å². The van der Waals surface area contributed by atoms with Crippen molar-refractivity contribution in [3.05, 3.63) is 28.2 Å².